The van der Waals surface area contributed by atoms with Crippen molar-refractivity contribution in [1.29, 1.82) is 0 Å². The van der Waals surface area contributed by atoms with Gasteiger partial charge in [0.05, 0.1) is 0 Å². The normalized spacial score (nSPS) is 11.2. The Morgan fingerprint density at radius 1 is 0.440 bits per heavy atom. The Bertz CT molecular complexity index is 1950. The fourth-order valence-corrected chi connectivity index (χ4v) is 12.1. The minimum atomic E-state index is -2.92. The van der Waals surface area contributed by atoms with Crippen LogP contribution in [0.4, 0.5) is 5.69 Å². The lowest BCUT2D eigenvalue weighted by atomic mass is 10.0. The molecule has 246 valence electrons. The Labute approximate surface area is 297 Å². The average molecular weight is 668 g/mol. The number of hydrogen-bond acceptors (Lipinski definition) is 3. The molecule has 0 aliphatic rings. The molecule has 0 fully saturated rings. The highest BCUT2D eigenvalue weighted by Gasteiger charge is 2.44. The van der Waals surface area contributed by atoms with E-state index in [9.17, 15) is 0 Å². The molecule has 0 amide bonds. The first-order valence-corrected chi connectivity index (χ1v) is 19.1. The summed E-state index contributed by atoms with van der Waals surface area (Å²) in [6, 6.07) is 69.8. The summed E-state index contributed by atoms with van der Waals surface area (Å²) in [5.41, 5.74) is 5.81. The lowest BCUT2D eigenvalue weighted by Gasteiger charge is -2.36. The van der Waals surface area contributed by atoms with Crippen molar-refractivity contribution < 1.29 is 9.47 Å². The van der Waals surface area contributed by atoms with Crippen LogP contribution < -0.4 is 30.4 Å². The van der Waals surface area contributed by atoms with Crippen molar-refractivity contribution in [3.05, 3.63) is 205 Å². The second kappa shape index (κ2) is 15.7. The van der Waals surface area contributed by atoms with E-state index in [0.29, 0.717) is 0 Å². The van der Waals surface area contributed by atoms with Gasteiger partial charge in [-0.1, -0.05) is 188 Å². The molecule has 0 aromatic heterocycles. The zero-order valence-electron chi connectivity index (χ0n) is 28.4. The van der Waals surface area contributed by atoms with E-state index in [1.54, 1.807) is 7.11 Å². The highest BCUT2D eigenvalue weighted by Crippen LogP contribution is 2.38. The highest BCUT2D eigenvalue weighted by molar-refractivity contribution is 7.20. The van der Waals surface area contributed by atoms with Crippen molar-refractivity contribution in [2.45, 2.75) is 13.1 Å². The van der Waals surface area contributed by atoms with Gasteiger partial charge in [0.25, 0.3) is 0 Å². The van der Waals surface area contributed by atoms with Crippen LogP contribution in [0.15, 0.2) is 194 Å². The monoisotopic (exact) mass is 667 g/mol. The van der Waals surface area contributed by atoms with Crippen molar-refractivity contribution >= 4 is 34.5 Å². The molecule has 0 heterocycles. The third-order valence-electron chi connectivity index (χ3n) is 9.33. The van der Waals surface area contributed by atoms with Crippen LogP contribution in [0.3, 0.4) is 0 Å². The van der Waals surface area contributed by atoms with Crippen LogP contribution in [0, 0.1) is 0 Å². The van der Waals surface area contributed by atoms with Crippen molar-refractivity contribution in [2.24, 2.45) is 0 Å². The number of anilines is 1. The maximum Gasteiger partial charge on any atom is 0.188 e. The molecule has 0 saturated carbocycles. The Hall–Kier alpha value is -5.68. The maximum atomic E-state index is 6.81. The summed E-state index contributed by atoms with van der Waals surface area (Å²) in [7, 11) is -1.23. The summed E-state index contributed by atoms with van der Waals surface area (Å²) >= 11 is 0. The molecule has 7 aromatic rings. The third kappa shape index (κ3) is 6.77. The first-order valence-electron chi connectivity index (χ1n) is 17.1. The molecule has 3 nitrogen and oxygen atoms in total. The summed E-state index contributed by atoms with van der Waals surface area (Å²) in [5, 5.41) is 5.06. The Morgan fingerprint density at radius 3 is 1.34 bits per heavy atom. The van der Waals surface area contributed by atoms with Gasteiger partial charge in [-0.3, -0.25) is 0 Å². The van der Waals surface area contributed by atoms with Gasteiger partial charge < -0.3 is 14.4 Å². The van der Waals surface area contributed by atoms with Gasteiger partial charge in [-0.05, 0) is 37.9 Å². The minimum absolute atomic E-state index is 0.132. The molecule has 0 spiro atoms. The lowest BCUT2D eigenvalue weighted by molar-refractivity contribution is 0.0522. The van der Waals surface area contributed by atoms with Crippen molar-refractivity contribution in [3.8, 4) is 16.9 Å². The number of hydrogen-bond donors (Lipinski definition) is 0. The largest absolute Gasteiger partial charge is 0.467 e. The molecule has 0 aliphatic carbocycles. The lowest BCUT2D eigenvalue weighted by Crippen LogP contribution is -2.75. The predicted molar refractivity (Wildman–Crippen MR) is 211 cm³/mol. The fourth-order valence-electron chi connectivity index (χ4n) is 7.16. The van der Waals surface area contributed by atoms with Crippen LogP contribution in [-0.2, 0) is 17.8 Å². The van der Waals surface area contributed by atoms with E-state index in [0.717, 1.165) is 35.7 Å². The fraction of sp³-hybridized carbons (Fsp3) is 0.0870. The van der Waals surface area contributed by atoms with Gasteiger partial charge in [0.1, 0.15) is 5.75 Å². The van der Waals surface area contributed by atoms with Gasteiger partial charge in [0.15, 0.2) is 14.9 Å². The number of ether oxygens (including phenoxy) is 2. The minimum Gasteiger partial charge on any atom is -0.467 e. The molecule has 0 bridgehead atoms. The molecule has 7 aromatic carbocycles. The quantitative estimate of drug-likeness (QED) is 0.0709. The SMILES string of the molecule is COCOc1c(-c2ccccc2N(Cc2ccccc2)Cc2ccccc2)cccc1[Si](c1ccccc1)(c1ccccc1)c1ccccc1. The van der Waals surface area contributed by atoms with Gasteiger partial charge in [0.2, 0.25) is 0 Å². The van der Waals surface area contributed by atoms with Crippen molar-refractivity contribution in [3.63, 3.8) is 0 Å². The number of methoxy groups -OCH3 is 1. The van der Waals surface area contributed by atoms with Crippen LogP contribution in [0.2, 0.25) is 0 Å². The van der Waals surface area contributed by atoms with Gasteiger partial charge in [0, 0.05) is 37.0 Å². The van der Waals surface area contributed by atoms with Crippen molar-refractivity contribution in [2.75, 3.05) is 18.8 Å². The number of benzene rings is 7. The van der Waals surface area contributed by atoms with Gasteiger partial charge in [-0.15, -0.1) is 0 Å². The van der Waals surface area contributed by atoms with E-state index in [2.05, 4.69) is 199 Å². The molecule has 0 unspecified atom stereocenters. The second-order valence-electron chi connectivity index (χ2n) is 12.4. The van der Waals surface area contributed by atoms with E-state index < -0.39 is 8.07 Å². The Morgan fingerprint density at radius 2 is 0.860 bits per heavy atom. The summed E-state index contributed by atoms with van der Waals surface area (Å²) in [4.78, 5) is 2.48. The topological polar surface area (TPSA) is 21.7 Å². The zero-order valence-corrected chi connectivity index (χ0v) is 29.4. The van der Waals surface area contributed by atoms with E-state index in [4.69, 9.17) is 9.47 Å². The maximum absolute atomic E-state index is 6.81. The molecule has 7 rings (SSSR count). The smallest absolute Gasteiger partial charge is 0.188 e. The molecule has 0 saturated heterocycles. The molecular weight excluding hydrogens is 627 g/mol. The summed E-state index contributed by atoms with van der Waals surface area (Å²) in [5.74, 6) is 0.851. The zero-order chi connectivity index (χ0) is 34.0. The van der Waals surface area contributed by atoms with E-state index >= 15 is 0 Å². The van der Waals surface area contributed by atoms with Crippen LogP contribution >= 0.6 is 0 Å². The molecule has 0 N–H and O–H groups in total. The second-order valence-corrected chi connectivity index (χ2v) is 16.2. The molecule has 50 heavy (non-hydrogen) atoms. The van der Waals surface area contributed by atoms with E-state index in [1.165, 1.54) is 31.9 Å². The Balaban J connectivity index is 1.49. The number of nitrogens with zero attached hydrogens (tertiary/aromatic N) is 1. The third-order valence-corrected chi connectivity index (χ3v) is 14.1. The van der Waals surface area contributed by atoms with Crippen LogP contribution in [0.25, 0.3) is 11.1 Å². The first kappa shape index (κ1) is 32.8. The summed E-state index contributed by atoms with van der Waals surface area (Å²) in [6.45, 7) is 1.65. The van der Waals surface area contributed by atoms with Gasteiger partial charge >= 0.3 is 0 Å². The summed E-state index contributed by atoms with van der Waals surface area (Å²) in [6.07, 6.45) is 0. The number of rotatable bonds is 13. The van der Waals surface area contributed by atoms with Crippen molar-refractivity contribution in [1.82, 2.24) is 0 Å². The average Bonchev–Trinajstić information content (AvgIpc) is 3.19. The highest BCUT2D eigenvalue weighted by atomic mass is 28.3. The van der Waals surface area contributed by atoms with Gasteiger partial charge in [-0.25, -0.2) is 0 Å². The molecule has 4 heteroatoms. The first-order chi connectivity index (χ1) is 24.8. The van der Waals surface area contributed by atoms with Crippen LogP contribution in [0.5, 0.6) is 5.75 Å². The van der Waals surface area contributed by atoms with E-state index in [1.807, 2.05) is 0 Å². The van der Waals surface area contributed by atoms with E-state index in [-0.39, 0.29) is 6.79 Å². The van der Waals surface area contributed by atoms with Crippen LogP contribution in [0.1, 0.15) is 11.1 Å². The molecule has 0 aliphatic heterocycles. The standard InChI is InChI=1S/C46H41NO2Si/c1-48-36-49-46-43(42-30-17-18-32-44(42)47(34-37-20-7-2-8-21-37)35-38-22-9-3-10-23-38)31-19-33-45(46)50(39-24-11-4-12-25-39,40-26-13-5-14-27-40)41-28-15-6-16-29-41/h2-33H,34-36H2,1H3. The molecular formula is C46H41NO2Si. The predicted octanol–water partition coefficient (Wildman–Crippen LogP) is 7.92. The van der Waals surface area contributed by atoms with Crippen LogP contribution in [-0.4, -0.2) is 22.0 Å². The van der Waals surface area contributed by atoms with Gasteiger partial charge in [-0.2, -0.15) is 0 Å². The number of para-hydroxylation sites is 2. The Kier molecular flexibility index (Phi) is 10.3. The summed E-state index contributed by atoms with van der Waals surface area (Å²) < 4.78 is 12.4. The molecule has 0 atom stereocenters. The molecule has 0 radical (unpaired) electrons.